The number of hydrogen-bond donors (Lipinski definition) is 1. The number of hydrogen-bond acceptors (Lipinski definition) is 5. The van der Waals surface area contributed by atoms with Crippen LogP contribution in [0.3, 0.4) is 0 Å². The standard InChI is InChI=1S/C14H18N4O/c1-3-5-19-11-6-10(8-16-9-11)12-7-13(15)18-14(4-2)17-12/h6-9H,3-5H2,1-2H3,(H2,15,17,18). The lowest BCUT2D eigenvalue weighted by molar-refractivity contribution is 0.316. The number of aromatic nitrogens is 3. The molecule has 0 spiro atoms. The normalized spacial score (nSPS) is 10.4. The first-order chi connectivity index (χ1) is 9.22. The van der Waals surface area contributed by atoms with E-state index >= 15 is 0 Å². The fourth-order valence-corrected chi connectivity index (χ4v) is 1.68. The van der Waals surface area contributed by atoms with Crippen LogP contribution in [0.5, 0.6) is 5.75 Å². The molecular formula is C14H18N4O. The minimum absolute atomic E-state index is 0.474. The molecule has 2 aromatic heterocycles. The summed E-state index contributed by atoms with van der Waals surface area (Å²) in [5.41, 5.74) is 7.45. The van der Waals surface area contributed by atoms with Crippen LogP contribution < -0.4 is 10.5 Å². The molecule has 2 aromatic rings. The molecule has 0 aliphatic rings. The molecule has 0 aromatic carbocycles. The van der Waals surface area contributed by atoms with E-state index in [-0.39, 0.29) is 0 Å². The first-order valence-corrected chi connectivity index (χ1v) is 6.44. The molecule has 0 aliphatic heterocycles. The van der Waals surface area contributed by atoms with Gasteiger partial charge in [0.1, 0.15) is 17.4 Å². The quantitative estimate of drug-likeness (QED) is 0.891. The molecule has 0 fully saturated rings. The SMILES string of the molecule is CCCOc1cncc(-c2cc(N)nc(CC)n2)c1. The van der Waals surface area contributed by atoms with Gasteiger partial charge in [-0.1, -0.05) is 13.8 Å². The number of aryl methyl sites for hydroxylation is 1. The molecule has 2 N–H and O–H groups in total. The molecule has 0 aliphatic carbocycles. The maximum atomic E-state index is 5.79. The van der Waals surface area contributed by atoms with Gasteiger partial charge in [-0.2, -0.15) is 0 Å². The van der Waals surface area contributed by atoms with Crippen LogP contribution in [-0.4, -0.2) is 21.6 Å². The van der Waals surface area contributed by atoms with Crippen molar-refractivity contribution < 1.29 is 4.74 Å². The Balaban J connectivity index is 2.32. The Morgan fingerprint density at radius 2 is 2.00 bits per heavy atom. The average Bonchev–Trinajstić information content (AvgIpc) is 2.44. The third-order valence-corrected chi connectivity index (χ3v) is 2.59. The first-order valence-electron chi connectivity index (χ1n) is 6.44. The van der Waals surface area contributed by atoms with Crippen molar-refractivity contribution in [2.24, 2.45) is 0 Å². The number of ether oxygens (including phenoxy) is 1. The molecule has 2 heterocycles. The van der Waals surface area contributed by atoms with Gasteiger partial charge >= 0.3 is 0 Å². The number of nitrogens with zero attached hydrogens (tertiary/aromatic N) is 3. The van der Waals surface area contributed by atoms with Gasteiger partial charge in [0.25, 0.3) is 0 Å². The third-order valence-electron chi connectivity index (χ3n) is 2.59. The van der Waals surface area contributed by atoms with Gasteiger partial charge in [-0.25, -0.2) is 9.97 Å². The van der Waals surface area contributed by atoms with Crippen LogP contribution >= 0.6 is 0 Å². The summed E-state index contributed by atoms with van der Waals surface area (Å²) < 4.78 is 5.57. The molecule has 5 nitrogen and oxygen atoms in total. The van der Waals surface area contributed by atoms with E-state index in [0.29, 0.717) is 12.4 Å². The number of nitrogens with two attached hydrogens (primary N) is 1. The van der Waals surface area contributed by atoms with Crippen molar-refractivity contribution >= 4 is 5.82 Å². The van der Waals surface area contributed by atoms with Crippen molar-refractivity contribution in [1.29, 1.82) is 0 Å². The number of anilines is 1. The molecule has 19 heavy (non-hydrogen) atoms. The average molecular weight is 258 g/mol. The summed E-state index contributed by atoms with van der Waals surface area (Å²) in [7, 11) is 0. The lowest BCUT2D eigenvalue weighted by Gasteiger charge is -2.07. The van der Waals surface area contributed by atoms with Crippen molar-refractivity contribution in [2.75, 3.05) is 12.3 Å². The zero-order chi connectivity index (χ0) is 13.7. The van der Waals surface area contributed by atoms with Crippen LogP contribution in [0.4, 0.5) is 5.82 Å². The van der Waals surface area contributed by atoms with Crippen molar-refractivity contribution in [3.05, 3.63) is 30.4 Å². The van der Waals surface area contributed by atoms with Gasteiger partial charge in [0, 0.05) is 24.2 Å². The molecule has 0 radical (unpaired) electrons. The van der Waals surface area contributed by atoms with E-state index in [1.54, 1.807) is 18.5 Å². The molecule has 0 saturated carbocycles. The van der Waals surface area contributed by atoms with E-state index in [1.165, 1.54) is 0 Å². The minimum atomic E-state index is 0.474. The fourth-order valence-electron chi connectivity index (χ4n) is 1.68. The number of pyridine rings is 1. The van der Waals surface area contributed by atoms with Crippen LogP contribution in [0, 0.1) is 0 Å². The van der Waals surface area contributed by atoms with Gasteiger partial charge in [0.15, 0.2) is 0 Å². The zero-order valence-corrected chi connectivity index (χ0v) is 11.3. The smallest absolute Gasteiger partial charge is 0.138 e. The van der Waals surface area contributed by atoms with Gasteiger partial charge in [-0.05, 0) is 12.5 Å². The topological polar surface area (TPSA) is 73.9 Å². The Kier molecular flexibility index (Phi) is 4.28. The van der Waals surface area contributed by atoms with Gasteiger partial charge < -0.3 is 10.5 Å². The van der Waals surface area contributed by atoms with Crippen LogP contribution in [0.15, 0.2) is 24.5 Å². The second kappa shape index (κ2) is 6.13. The molecule has 0 amide bonds. The predicted octanol–water partition coefficient (Wildman–Crippen LogP) is 2.47. The van der Waals surface area contributed by atoms with Gasteiger partial charge in [0.05, 0.1) is 18.5 Å². The highest BCUT2D eigenvalue weighted by Gasteiger charge is 2.06. The maximum Gasteiger partial charge on any atom is 0.138 e. The van der Waals surface area contributed by atoms with Gasteiger partial charge in [-0.3, -0.25) is 4.98 Å². The van der Waals surface area contributed by atoms with Crippen molar-refractivity contribution in [3.63, 3.8) is 0 Å². The Hall–Kier alpha value is -2.17. The number of rotatable bonds is 5. The largest absolute Gasteiger partial charge is 0.492 e. The molecular weight excluding hydrogens is 240 g/mol. The highest BCUT2D eigenvalue weighted by atomic mass is 16.5. The van der Waals surface area contributed by atoms with E-state index < -0.39 is 0 Å². The molecule has 100 valence electrons. The van der Waals surface area contributed by atoms with Gasteiger partial charge in [0.2, 0.25) is 0 Å². The summed E-state index contributed by atoms with van der Waals surface area (Å²) in [5.74, 6) is 1.95. The van der Waals surface area contributed by atoms with Crippen molar-refractivity contribution in [2.45, 2.75) is 26.7 Å². The Labute approximate surface area is 112 Å². The fraction of sp³-hybridized carbons (Fsp3) is 0.357. The predicted molar refractivity (Wildman–Crippen MR) is 74.8 cm³/mol. The summed E-state index contributed by atoms with van der Waals surface area (Å²) in [6, 6.07) is 3.67. The van der Waals surface area contributed by atoms with Crippen LogP contribution in [0.2, 0.25) is 0 Å². The molecule has 0 unspecified atom stereocenters. The van der Waals surface area contributed by atoms with E-state index in [0.717, 1.165) is 35.7 Å². The van der Waals surface area contributed by atoms with Crippen LogP contribution in [0.1, 0.15) is 26.1 Å². The summed E-state index contributed by atoms with van der Waals surface area (Å²) in [5, 5.41) is 0. The second-order valence-corrected chi connectivity index (χ2v) is 4.21. The monoisotopic (exact) mass is 258 g/mol. The lowest BCUT2D eigenvalue weighted by Crippen LogP contribution is -2.01. The highest BCUT2D eigenvalue weighted by molar-refractivity contribution is 5.62. The molecule has 0 bridgehead atoms. The maximum absolute atomic E-state index is 5.79. The molecule has 0 atom stereocenters. The molecule has 2 rings (SSSR count). The third kappa shape index (κ3) is 3.40. The Bertz CT molecular complexity index is 557. The van der Waals surface area contributed by atoms with E-state index in [1.807, 2.05) is 13.0 Å². The summed E-state index contributed by atoms with van der Waals surface area (Å²) in [4.78, 5) is 12.8. The highest BCUT2D eigenvalue weighted by Crippen LogP contribution is 2.22. The van der Waals surface area contributed by atoms with Crippen molar-refractivity contribution in [3.8, 4) is 17.0 Å². The van der Waals surface area contributed by atoms with Crippen LogP contribution in [0.25, 0.3) is 11.3 Å². The molecule has 0 saturated heterocycles. The van der Waals surface area contributed by atoms with Crippen molar-refractivity contribution in [1.82, 2.24) is 15.0 Å². The van der Waals surface area contributed by atoms with Crippen LogP contribution in [-0.2, 0) is 6.42 Å². The Morgan fingerprint density at radius 1 is 1.16 bits per heavy atom. The van der Waals surface area contributed by atoms with E-state index in [9.17, 15) is 0 Å². The summed E-state index contributed by atoms with van der Waals surface area (Å²) in [6.07, 6.45) is 5.16. The van der Waals surface area contributed by atoms with E-state index in [2.05, 4.69) is 21.9 Å². The number of nitrogen functional groups attached to an aromatic ring is 1. The summed E-state index contributed by atoms with van der Waals surface area (Å²) >= 11 is 0. The van der Waals surface area contributed by atoms with E-state index in [4.69, 9.17) is 10.5 Å². The van der Waals surface area contributed by atoms with Gasteiger partial charge in [-0.15, -0.1) is 0 Å². The second-order valence-electron chi connectivity index (χ2n) is 4.21. The molecule has 5 heteroatoms. The first kappa shape index (κ1) is 13.3. The zero-order valence-electron chi connectivity index (χ0n) is 11.3. The minimum Gasteiger partial charge on any atom is -0.492 e. The summed E-state index contributed by atoms with van der Waals surface area (Å²) in [6.45, 7) is 4.74. The Morgan fingerprint density at radius 3 is 2.74 bits per heavy atom. The lowest BCUT2D eigenvalue weighted by atomic mass is 10.2.